The van der Waals surface area contributed by atoms with E-state index < -0.39 is 28.7 Å². The highest BCUT2D eigenvalue weighted by Crippen LogP contribution is 2.32. The van der Waals surface area contributed by atoms with E-state index in [1.165, 1.54) is 36.1 Å². The number of nitro benzene ring substituents is 1. The molecule has 0 bridgehead atoms. The van der Waals surface area contributed by atoms with Crippen molar-refractivity contribution in [3.05, 3.63) is 64.2 Å². The lowest BCUT2D eigenvalue weighted by Crippen LogP contribution is -2.50. The minimum Gasteiger partial charge on any atom is -0.326 e. The molecule has 0 aromatic heterocycles. The average Bonchev–Trinajstić information content (AvgIpc) is 3.01. The van der Waals surface area contributed by atoms with Crippen molar-refractivity contribution in [2.24, 2.45) is 0 Å². The Morgan fingerprint density at radius 2 is 1.69 bits per heavy atom. The topological polar surface area (TPSA) is 130 Å². The van der Waals surface area contributed by atoms with Gasteiger partial charge in [0.25, 0.3) is 17.5 Å². The lowest BCUT2D eigenvalue weighted by Gasteiger charge is -2.35. The van der Waals surface area contributed by atoms with Crippen LogP contribution in [-0.2, 0) is 14.4 Å². The largest absolute Gasteiger partial charge is 0.326 e. The third kappa shape index (κ3) is 5.27. The van der Waals surface area contributed by atoms with Gasteiger partial charge >= 0.3 is 0 Å². The number of non-ortho nitro benzene ring substituents is 1. The Balaban J connectivity index is 1.66. The summed E-state index contributed by atoms with van der Waals surface area (Å²) >= 11 is 0. The summed E-state index contributed by atoms with van der Waals surface area (Å²) in [6, 6.07) is 10.6. The summed E-state index contributed by atoms with van der Waals surface area (Å²) in [7, 11) is 0. The predicted molar refractivity (Wildman–Crippen MR) is 132 cm³/mol. The van der Waals surface area contributed by atoms with E-state index in [4.69, 9.17) is 0 Å². The summed E-state index contributed by atoms with van der Waals surface area (Å²) in [5.74, 6) is -1.66. The monoisotopic (exact) mass is 492 g/mol. The fourth-order valence-electron chi connectivity index (χ4n) is 5.00. The molecule has 1 heterocycles. The number of carbonyl (C=O) groups excluding carboxylic acids is 4. The Labute approximate surface area is 208 Å². The molecular weight excluding hydrogens is 464 g/mol. The molecule has 2 aromatic rings. The highest BCUT2D eigenvalue weighted by atomic mass is 16.6. The summed E-state index contributed by atoms with van der Waals surface area (Å²) in [5.41, 5.74) is 0.788. The summed E-state index contributed by atoms with van der Waals surface area (Å²) in [6.07, 6.45) is 5.08. The van der Waals surface area contributed by atoms with Crippen molar-refractivity contribution in [1.29, 1.82) is 0 Å². The molecule has 0 spiro atoms. The van der Waals surface area contributed by atoms with E-state index in [1.54, 1.807) is 24.3 Å². The average molecular weight is 493 g/mol. The molecule has 0 radical (unpaired) electrons. The molecular formula is C26H28N4O6. The molecule has 2 aliphatic rings. The first kappa shape index (κ1) is 25.0. The number of hydrogen-bond acceptors (Lipinski definition) is 6. The Morgan fingerprint density at radius 3 is 2.31 bits per heavy atom. The molecule has 188 valence electrons. The second kappa shape index (κ2) is 10.7. The van der Waals surface area contributed by atoms with Crippen molar-refractivity contribution in [2.45, 2.75) is 64.0 Å². The maximum Gasteiger partial charge on any atom is 0.270 e. The number of anilines is 2. The van der Waals surface area contributed by atoms with Gasteiger partial charge in [-0.05, 0) is 43.2 Å². The van der Waals surface area contributed by atoms with E-state index in [2.05, 4.69) is 5.32 Å². The molecule has 4 amide bonds. The SMILES string of the molecule is CC(=O)Nc1ccc(N2C(=O)CC(N(C(=O)c3cccc([N+](=O)[O-])c3)C3CCCCCC3)C2=O)cc1. The molecule has 1 saturated carbocycles. The van der Waals surface area contributed by atoms with Crippen molar-refractivity contribution < 1.29 is 24.1 Å². The summed E-state index contributed by atoms with van der Waals surface area (Å²) in [4.78, 5) is 64.9. The molecule has 1 aliphatic carbocycles. The molecule has 36 heavy (non-hydrogen) atoms. The zero-order chi connectivity index (χ0) is 25.8. The minimum atomic E-state index is -0.998. The fraction of sp³-hybridized carbons (Fsp3) is 0.385. The zero-order valence-corrected chi connectivity index (χ0v) is 20.0. The first-order valence-electron chi connectivity index (χ1n) is 12.1. The lowest BCUT2D eigenvalue weighted by molar-refractivity contribution is -0.384. The third-order valence-corrected chi connectivity index (χ3v) is 6.66. The van der Waals surface area contributed by atoms with E-state index >= 15 is 0 Å². The normalized spacial score (nSPS) is 18.6. The first-order chi connectivity index (χ1) is 17.3. The highest BCUT2D eigenvalue weighted by Gasteiger charge is 2.46. The van der Waals surface area contributed by atoms with Crippen molar-refractivity contribution in [1.82, 2.24) is 4.90 Å². The van der Waals surface area contributed by atoms with Crippen LogP contribution in [0.2, 0.25) is 0 Å². The van der Waals surface area contributed by atoms with Crippen molar-refractivity contribution in [3.63, 3.8) is 0 Å². The Hall–Kier alpha value is -4.08. The van der Waals surface area contributed by atoms with Gasteiger partial charge < -0.3 is 10.2 Å². The number of nitro groups is 1. The van der Waals surface area contributed by atoms with E-state index in [0.29, 0.717) is 24.2 Å². The smallest absolute Gasteiger partial charge is 0.270 e. The van der Waals surface area contributed by atoms with E-state index in [0.717, 1.165) is 30.6 Å². The van der Waals surface area contributed by atoms with Crippen molar-refractivity contribution in [2.75, 3.05) is 10.2 Å². The van der Waals surface area contributed by atoms with Crippen LogP contribution in [0.5, 0.6) is 0 Å². The van der Waals surface area contributed by atoms with Gasteiger partial charge in [-0.15, -0.1) is 0 Å². The quantitative estimate of drug-likeness (QED) is 0.280. The van der Waals surface area contributed by atoms with Crippen LogP contribution in [-0.4, -0.2) is 45.5 Å². The van der Waals surface area contributed by atoms with Crippen LogP contribution in [0.1, 0.15) is 62.2 Å². The number of imide groups is 1. The van der Waals surface area contributed by atoms with Gasteiger partial charge in [-0.3, -0.25) is 29.3 Å². The lowest BCUT2D eigenvalue weighted by atomic mass is 10.0. The van der Waals surface area contributed by atoms with Gasteiger partial charge in [0.15, 0.2) is 0 Å². The van der Waals surface area contributed by atoms with Gasteiger partial charge in [-0.2, -0.15) is 0 Å². The molecule has 2 fully saturated rings. The van der Waals surface area contributed by atoms with Crippen LogP contribution < -0.4 is 10.2 Å². The maximum absolute atomic E-state index is 13.7. The standard InChI is InChI=1S/C26H28N4O6/c1-17(31)27-19-11-13-21(14-12-19)29-24(32)16-23(26(29)34)28(20-8-4-2-3-5-9-20)25(33)18-7-6-10-22(15-18)30(35)36/h6-7,10-15,20,23H,2-5,8-9,16H2,1H3,(H,27,31). The van der Waals surface area contributed by atoms with Crippen LogP contribution in [0.4, 0.5) is 17.1 Å². The minimum absolute atomic E-state index is 0.117. The molecule has 1 aliphatic heterocycles. The van der Waals surface area contributed by atoms with Gasteiger partial charge in [-0.1, -0.05) is 31.7 Å². The second-order valence-electron chi connectivity index (χ2n) is 9.18. The van der Waals surface area contributed by atoms with E-state index in [1.807, 2.05) is 0 Å². The number of nitrogens with one attached hydrogen (secondary N) is 1. The highest BCUT2D eigenvalue weighted by molar-refractivity contribution is 6.23. The number of carbonyl (C=O) groups is 4. The third-order valence-electron chi connectivity index (χ3n) is 6.66. The number of benzene rings is 2. The molecule has 1 saturated heterocycles. The molecule has 1 atom stereocenters. The maximum atomic E-state index is 13.7. The number of rotatable bonds is 6. The van der Waals surface area contributed by atoms with Gasteiger partial charge in [0.1, 0.15) is 6.04 Å². The van der Waals surface area contributed by atoms with Crippen LogP contribution >= 0.6 is 0 Å². The predicted octanol–water partition coefficient (Wildman–Crippen LogP) is 4.05. The van der Waals surface area contributed by atoms with E-state index in [-0.39, 0.29) is 29.6 Å². The van der Waals surface area contributed by atoms with Gasteiger partial charge in [-0.25, -0.2) is 4.90 Å². The number of amides is 4. The number of nitrogens with zero attached hydrogens (tertiary/aromatic N) is 3. The summed E-state index contributed by atoms with van der Waals surface area (Å²) in [6.45, 7) is 1.38. The fourth-order valence-corrected chi connectivity index (χ4v) is 5.00. The van der Waals surface area contributed by atoms with Crippen LogP contribution in [0, 0.1) is 10.1 Å². The van der Waals surface area contributed by atoms with Gasteiger partial charge in [0, 0.05) is 36.3 Å². The zero-order valence-electron chi connectivity index (χ0n) is 20.0. The summed E-state index contributed by atoms with van der Waals surface area (Å²) in [5, 5.41) is 13.9. The Morgan fingerprint density at radius 1 is 1.03 bits per heavy atom. The first-order valence-corrected chi connectivity index (χ1v) is 12.1. The molecule has 1 unspecified atom stereocenters. The second-order valence-corrected chi connectivity index (χ2v) is 9.18. The van der Waals surface area contributed by atoms with E-state index in [9.17, 15) is 29.3 Å². The van der Waals surface area contributed by atoms with Gasteiger partial charge in [0.05, 0.1) is 17.0 Å². The molecule has 10 heteroatoms. The van der Waals surface area contributed by atoms with Crippen molar-refractivity contribution >= 4 is 40.7 Å². The molecule has 4 rings (SSSR count). The van der Waals surface area contributed by atoms with Crippen LogP contribution in [0.25, 0.3) is 0 Å². The Bertz CT molecular complexity index is 1190. The number of hydrogen-bond donors (Lipinski definition) is 1. The van der Waals surface area contributed by atoms with Crippen molar-refractivity contribution in [3.8, 4) is 0 Å². The van der Waals surface area contributed by atoms with Crippen LogP contribution in [0.15, 0.2) is 48.5 Å². The van der Waals surface area contributed by atoms with Crippen LogP contribution in [0.3, 0.4) is 0 Å². The molecule has 2 aromatic carbocycles. The summed E-state index contributed by atoms with van der Waals surface area (Å²) < 4.78 is 0. The molecule has 1 N–H and O–H groups in total. The molecule has 10 nitrogen and oxygen atoms in total. The van der Waals surface area contributed by atoms with Gasteiger partial charge in [0.2, 0.25) is 11.8 Å². The Kier molecular flexibility index (Phi) is 7.42.